The van der Waals surface area contributed by atoms with Crippen molar-refractivity contribution in [2.45, 2.75) is 6.61 Å². The summed E-state index contributed by atoms with van der Waals surface area (Å²) < 4.78 is 5.55. The number of nitrogens with zero attached hydrogens (tertiary/aromatic N) is 1. The number of pyridine rings is 1. The molecule has 0 aliphatic rings. The summed E-state index contributed by atoms with van der Waals surface area (Å²) in [5, 5.41) is 0.610. The maximum absolute atomic E-state index is 5.81. The van der Waals surface area contributed by atoms with Crippen molar-refractivity contribution < 1.29 is 4.74 Å². The summed E-state index contributed by atoms with van der Waals surface area (Å²) in [4.78, 5) is 3.98. The van der Waals surface area contributed by atoms with E-state index in [0.717, 1.165) is 17.0 Å². The lowest BCUT2D eigenvalue weighted by molar-refractivity contribution is 0.306. The van der Waals surface area contributed by atoms with Crippen molar-refractivity contribution >= 4 is 17.3 Å². The second-order valence-electron chi connectivity index (χ2n) is 3.37. The summed E-state index contributed by atoms with van der Waals surface area (Å²) >= 11 is 5.81. The zero-order valence-electron chi connectivity index (χ0n) is 8.56. The lowest BCUT2D eigenvalue weighted by atomic mass is 10.3. The Hall–Kier alpha value is -1.74. The maximum Gasteiger partial charge on any atom is 0.119 e. The Kier molecular flexibility index (Phi) is 3.27. The number of rotatable bonds is 3. The second kappa shape index (κ2) is 4.86. The first-order valence-electron chi connectivity index (χ1n) is 4.82. The molecule has 0 saturated carbocycles. The van der Waals surface area contributed by atoms with Gasteiger partial charge in [-0.3, -0.25) is 4.98 Å². The van der Waals surface area contributed by atoms with E-state index in [1.807, 2.05) is 18.2 Å². The van der Waals surface area contributed by atoms with Crippen LogP contribution in [0.15, 0.2) is 42.7 Å². The van der Waals surface area contributed by atoms with Crippen LogP contribution in [0.1, 0.15) is 5.56 Å². The zero-order valence-corrected chi connectivity index (χ0v) is 9.32. The maximum atomic E-state index is 5.81. The van der Waals surface area contributed by atoms with E-state index in [1.54, 1.807) is 24.5 Å². The Labute approximate surface area is 98.8 Å². The van der Waals surface area contributed by atoms with Gasteiger partial charge in [-0.2, -0.15) is 0 Å². The molecular formula is C12H11ClN2O. The fraction of sp³-hybridized carbons (Fsp3) is 0.0833. The van der Waals surface area contributed by atoms with Gasteiger partial charge in [-0.05, 0) is 30.3 Å². The molecule has 0 aliphatic carbocycles. The SMILES string of the molecule is Nc1ccc(OCc2cncc(Cl)c2)cc1. The molecule has 0 fully saturated rings. The van der Waals surface area contributed by atoms with Crippen molar-refractivity contribution in [3.8, 4) is 5.75 Å². The molecule has 0 saturated heterocycles. The predicted molar refractivity (Wildman–Crippen MR) is 64.4 cm³/mol. The monoisotopic (exact) mass is 234 g/mol. The van der Waals surface area contributed by atoms with Gasteiger partial charge in [0.2, 0.25) is 0 Å². The largest absolute Gasteiger partial charge is 0.489 e. The van der Waals surface area contributed by atoms with Gasteiger partial charge in [-0.1, -0.05) is 11.6 Å². The summed E-state index contributed by atoms with van der Waals surface area (Å²) in [5.41, 5.74) is 7.22. The highest BCUT2D eigenvalue weighted by molar-refractivity contribution is 6.30. The van der Waals surface area contributed by atoms with Crippen LogP contribution in [0.4, 0.5) is 5.69 Å². The molecule has 2 N–H and O–H groups in total. The molecule has 3 nitrogen and oxygen atoms in total. The van der Waals surface area contributed by atoms with Crippen molar-refractivity contribution in [1.82, 2.24) is 4.98 Å². The van der Waals surface area contributed by atoms with E-state index in [9.17, 15) is 0 Å². The molecule has 1 aromatic carbocycles. The van der Waals surface area contributed by atoms with Crippen LogP contribution in [-0.2, 0) is 6.61 Å². The molecule has 2 aromatic rings. The topological polar surface area (TPSA) is 48.1 Å². The molecule has 0 spiro atoms. The smallest absolute Gasteiger partial charge is 0.119 e. The first-order valence-corrected chi connectivity index (χ1v) is 5.19. The normalized spacial score (nSPS) is 10.1. The molecule has 2 rings (SSSR count). The van der Waals surface area contributed by atoms with Gasteiger partial charge in [0.1, 0.15) is 12.4 Å². The van der Waals surface area contributed by atoms with E-state index in [0.29, 0.717) is 11.6 Å². The average molecular weight is 235 g/mol. The van der Waals surface area contributed by atoms with Crippen molar-refractivity contribution in [3.05, 3.63) is 53.3 Å². The van der Waals surface area contributed by atoms with Gasteiger partial charge in [0.15, 0.2) is 0 Å². The second-order valence-corrected chi connectivity index (χ2v) is 3.81. The van der Waals surface area contributed by atoms with Crippen molar-refractivity contribution in [1.29, 1.82) is 0 Å². The Morgan fingerprint density at radius 1 is 1.19 bits per heavy atom. The van der Waals surface area contributed by atoms with E-state index in [4.69, 9.17) is 22.1 Å². The minimum absolute atomic E-state index is 0.442. The van der Waals surface area contributed by atoms with Crippen LogP contribution in [0, 0.1) is 0 Å². The highest BCUT2D eigenvalue weighted by Gasteiger charge is 1.97. The summed E-state index contributed by atoms with van der Waals surface area (Å²) in [6, 6.07) is 9.07. The lowest BCUT2D eigenvalue weighted by Crippen LogP contribution is -1.96. The molecule has 16 heavy (non-hydrogen) atoms. The fourth-order valence-electron chi connectivity index (χ4n) is 1.27. The fourth-order valence-corrected chi connectivity index (χ4v) is 1.46. The molecule has 0 atom stereocenters. The summed E-state index contributed by atoms with van der Waals surface area (Å²) in [5.74, 6) is 0.772. The number of halogens is 1. The van der Waals surface area contributed by atoms with E-state index in [-0.39, 0.29) is 0 Å². The molecule has 0 unspecified atom stereocenters. The van der Waals surface area contributed by atoms with E-state index in [2.05, 4.69) is 4.98 Å². The average Bonchev–Trinajstić information content (AvgIpc) is 2.28. The minimum atomic E-state index is 0.442. The molecule has 1 heterocycles. The molecule has 0 radical (unpaired) electrons. The third-order valence-electron chi connectivity index (χ3n) is 2.05. The van der Waals surface area contributed by atoms with E-state index in [1.165, 1.54) is 0 Å². The molecule has 0 bridgehead atoms. The molecule has 82 valence electrons. The molecule has 0 aliphatic heterocycles. The predicted octanol–water partition coefficient (Wildman–Crippen LogP) is 2.90. The minimum Gasteiger partial charge on any atom is -0.489 e. The van der Waals surface area contributed by atoms with Crippen LogP contribution in [0.25, 0.3) is 0 Å². The number of hydrogen-bond acceptors (Lipinski definition) is 3. The van der Waals surface area contributed by atoms with Gasteiger partial charge in [0.25, 0.3) is 0 Å². The molecular weight excluding hydrogens is 224 g/mol. The Balaban J connectivity index is 1.99. The summed E-state index contributed by atoms with van der Waals surface area (Å²) in [7, 11) is 0. The van der Waals surface area contributed by atoms with Crippen LogP contribution >= 0.6 is 11.6 Å². The van der Waals surface area contributed by atoms with E-state index < -0.39 is 0 Å². The van der Waals surface area contributed by atoms with Crippen molar-refractivity contribution in [2.75, 3.05) is 5.73 Å². The van der Waals surface area contributed by atoms with Gasteiger partial charge >= 0.3 is 0 Å². The zero-order chi connectivity index (χ0) is 11.4. The summed E-state index contributed by atoms with van der Waals surface area (Å²) in [6.45, 7) is 0.442. The number of benzene rings is 1. The summed E-state index contributed by atoms with van der Waals surface area (Å²) in [6.07, 6.45) is 3.32. The molecule has 0 amide bonds. The number of nitrogens with two attached hydrogens (primary N) is 1. The van der Waals surface area contributed by atoms with Crippen molar-refractivity contribution in [3.63, 3.8) is 0 Å². The number of nitrogen functional groups attached to an aromatic ring is 1. The van der Waals surface area contributed by atoms with E-state index >= 15 is 0 Å². The Morgan fingerprint density at radius 2 is 1.94 bits per heavy atom. The van der Waals surface area contributed by atoms with Crippen molar-refractivity contribution in [2.24, 2.45) is 0 Å². The van der Waals surface area contributed by atoms with Gasteiger partial charge in [0.05, 0.1) is 5.02 Å². The Bertz CT molecular complexity index is 471. The van der Waals surface area contributed by atoms with Crippen LogP contribution in [0.2, 0.25) is 5.02 Å². The standard InChI is InChI=1S/C12H11ClN2O/c13-10-5-9(6-15-7-10)8-16-12-3-1-11(14)2-4-12/h1-7H,8,14H2. The van der Waals surface area contributed by atoms with Crippen LogP contribution < -0.4 is 10.5 Å². The quantitative estimate of drug-likeness (QED) is 0.831. The van der Waals surface area contributed by atoms with Gasteiger partial charge < -0.3 is 10.5 Å². The third kappa shape index (κ3) is 2.87. The lowest BCUT2D eigenvalue weighted by Gasteiger charge is -2.06. The van der Waals surface area contributed by atoms with Crippen LogP contribution in [-0.4, -0.2) is 4.98 Å². The first kappa shape index (κ1) is 10.8. The number of hydrogen-bond donors (Lipinski definition) is 1. The number of anilines is 1. The van der Waals surface area contributed by atoms with Crippen LogP contribution in [0.5, 0.6) is 5.75 Å². The third-order valence-corrected chi connectivity index (χ3v) is 2.25. The number of aromatic nitrogens is 1. The highest BCUT2D eigenvalue weighted by atomic mass is 35.5. The van der Waals surface area contributed by atoms with Crippen LogP contribution in [0.3, 0.4) is 0 Å². The Morgan fingerprint density at radius 3 is 2.62 bits per heavy atom. The highest BCUT2D eigenvalue weighted by Crippen LogP contribution is 2.15. The molecule has 1 aromatic heterocycles. The number of ether oxygens (including phenoxy) is 1. The van der Waals surface area contributed by atoms with Gasteiger partial charge in [-0.25, -0.2) is 0 Å². The molecule has 4 heteroatoms. The van der Waals surface area contributed by atoms with Gasteiger partial charge in [0, 0.05) is 23.6 Å². The van der Waals surface area contributed by atoms with Gasteiger partial charge in [-0.15, -0.1) is 0 Å². The first-order chi connectivity index (χ1) is 7.74.